The molecule has 2 aromatic rings. The summed E-state index contributed by atoms with van der Waals surface area (Å²) in [4.78, 5) is 0. The summed E-state index contributed by atoms with van der Waals surface area (Å²) >= 11 is 0. The molecule has 3 rings (SSSR count). The molecule has 0 spiro atoms. The van der Waals surface area contributed by atoms with Gasteiger partial charge in [0.2, 0.25) is 10.5 Å². The highest BCUT2D eigenvalue weighted by molar-refractivity contribution is 5.98. The molecule has 1 aliphatic rings. The van der Waals surface area contributed by atoms with Crippen LogP contribution in [0.4, 0.5) is 0 Å². The van der Waals surface area contributed by atoms with Crippen molar-refractivity contribution in [2.45, 2.75) is 31.3 Å². The molecule has 0 aromatic heterocycles. The quantitative estimate of drug-likeness (QED) is 0.761. The Bertz CT molecular complexity index is 492. The summed E-state index contributed by atoms with van der Waals surface area (Å²) in [6.45, 7) is 0. The lowest BCUT2D eigenvalue weighted by Gasteiger charge is -2.39. The Morgan fingerprint density at radius 3 is 1.65 bits per heavy atom. The maximum absolute atomic E-state index is 6.00. The van der Waals surface area contributed by atoms with Gasteiger partial charge in [-0.3, -0.25) is 0 Å². The van der Waals surface area contributed by atoms with Crippen LogP contribution >= 0.6 is 0 Å². The first-order valence-electron chi connectivity index (χ1n) is 7.33. The van der Waals surface area contributed by atoms with Gasteiger partial charge >= 0.3 is 0 Å². The van der Waals surface area contributed by atoms with E-state index in [9.17, 15) is 0 Å². The van der Waals surface area contributed by atoms with E-state index < -0.39 is 0 Å². The first-order chi connectivity index (χ1) is 9.88. The minimum atomic E-state index is -0.379. The van der Waals surface area contributed by atoms with Crippen LogP contribution in [0.15, 0.2) is 60.7 Å². The minimum absolute atomic E-state index is 0.379. The number of rotatable bonds is 4. The number of benzene rings is 2. The van der Waals surface area contributed by atoms with Crippen molar-refractivity contribution in [3.63, 3.8) is 0 Å². The minimum Gasteiger partial charge on any atom is -0.405 e. The fourth-order valence-electron chi connectivity index (χ4n) is 3.54. The Morgan fingerprint density at radius 1 is 0.800 bits per heavy atom. The van der Waals surface area contributed by atoms with E-state index in [4.69, 9.17) is 4.43 Å². The first-order valence-corrected chi connectivity index (χ1v) is 7.74. The van der Waals surface area contributed by atoms with Crippen LogP contribution in [-0.4, -0.2) is 10.5 Å². The molecule has 1 aliphatic carbocycles. The van der Waals surface area contributed by atoms with Gasteiger partial charge in [0, 0.05) is 0 Å². The van der Waals surface area contributed by atoms with Gasteiger partial charge in [-0.15, -0.1) is 0 Å². The van der Waals surface area contributed by atoms with Crippen LogP contribution in [0.3, 0.4) is 0 Å². The predicted molar refractivity (Wildman–Crippen MR) is 82.5 cm³/mol. The summed E-state index contributed by atoms with van der Waals surface area (Å²) in [5, 5.41) is 0. The van der Waals surface area contributed by atoms with Crippen LogP contribution in [0.1, 0.15) is 36.8 Å². The maximum Gasteiger partial charge on any atom is 0.248 e. The summed E-state index contributed by atoms with van der Waals surface area (Å²) < 4.78 is 6.00. The van der Waals surface area contributed by atoms with E-state index in [-0.39, 0.29) is 5.60 Å². The normalized spacial score (nSPS) is 16.4. The SMILES string of the molecule is [Si]OC(c1ccccc1)(c1ccccc1)C1CCCC1. The van der Waals surface area contributed by atoms with Gasteiger partial charge in [0.05, 0.1) is 0 Å². The summed E-state index contributed by atoms with van der Waals surface area (Å²) in [5.41, 5.74) is 2.08. The Balaban J connectivity index is 2.15. The van der Waals surface area contributed by atoms with Crippen LogP contribution < -0.4 is 0 Å². The van der Waals surface area contributed by atoms with Gasteiger partial charge in [-0.1, -0.05) is 73.5 Å². The van der Waals surface area contributed by atoms with Crippen LogP contribution in [0.25, 0.3) is 0 Å². The molecule has 0 unspecified atom stereocenters. The van der Waals surface area contributed by atoms with Crippen LogP contribution in [0.2, 0.25) is 0 Å². The summed E-state index contributed by atoms with van der Waals surface area (Å²) in [6.07, 6.45) is 5.02. The first kappa shape index (κ1) is 13.6. The molecule has 0 aliphatic heterocycles. The van der Waals surface area contributed by atoms with Gasteiger partial charge in [0.1, 0.15) is 5.60 Å². The Kier molecular flexibility index (Phi) is 4.04. The lowest BCUT2D eigenvalue weighted by atomic mass is 9.75. The number of hydrogen-bond acceptors (Lipinski definition) is 1. The molecule has 1 fully saturated rings. The van der Waals surface area contributed by atoms with Crippen molar-refractivity contribution in [2.24, 2.45) is 5.92 Å². The molecule has 3 radical (unpaired) electrons. The Hall–Kier alpha value is -1.38. The van der Waals surface area contributed by atoms with Crippen molar-refractivity contribution in [1.29, 1.82) is 0 Å². The zero-order valence-corrected chi connectivity index (χ0v) is 12.6. The fraction of sp³-hybridized carbons (Fsp3) is 0.333. The highest BCUT2D eigenvalue weighted by Gasteiger charge is 2.42. The Labute approximate surface area is 124 Å². The molecule has 0 atom stereocenters. The molecular formula is C18H19OSi. The molecule has 2 aromatic carbocycles. The molecular weight excluding hydrogens is 260 g/mol. The third kappa shape index (κ3) is 2.23. The molecule has 0 heterocycles. The molecule has 101 valence electrons. The summed E-state index contributed by atoms with van der Waals surface area (Å²) in [7, 11) is 3.41. The molecule has 0 amide bonds. The van der Waals surface area contributed by atoms with Crippen molar-refractivity contribution >= 4 is 10.5 Å². The molecule has 1 nitrogen and oxygen atoms in total. The molecule has 2 heteroatoms. The van der Waals surface area contributed by atoms with Gasteiger partial charge in [-0.2, -0.15) is 0 Å². The highest BCUT2D eigenvalue weighted by Crippen LogP contribution is 2.47. The molecule has 0 N–H and O–H groups in total. The lowest BCUT2D eigenvalue weighted by Crippen LogP contribution is -2.37. The predicted octanol–water partition coefficient (Wildman–Crippen LogP) is 4.22. The topological polar surface area (TPSA) is 9.23 Å². The third-order valence-electron chi connectivity index (χ3n) is 4.50. The standard InChI is InChI=1S/C18H19OSi/c20-19-18(17-13-7-8-14-17,15-9-3-1-4-10-15)16-11-5-2-6-12-16/h1-6,9-12,17H,7-8,13-14H2. The largest absolute Gasteiger partial charge is 0.405 e. The summed E-state index contributed by atoms with van der Waals surface area (Å²) in [6, 6.07) is 21.2. The van der Waals surface area contributed by atoms with Crippen LogP contribution in [0, 0.1) is 5.92 Å². The van der Waals surface area contributed by atoms with Gasteiger partial charge in [0.15, 0.2) is 0 Å². The average molecular weight is 279 g/mol. The average Bonchev–Trinajstić information content (AvgIpc) is 3.06. The van der Waals surface area contributed by atoms with Crippen molar-refractivity contribution < 1.29 is 4.43 Å². The van der Waals surface area contributed by atoms with E-state index in [1.54, 1.807) is 0 Å². The third-order valence-corrected chi connectivity index (χ3v) is 4.82. The van der Waals surface area contributed by atoms with E-state index in [2.05, 4.69) is 71.1 Å². The van der Waals surface area contributed by atoms with Crippen molar-refractivity contribution in [1.82, 2.24) is 0 Å². The van der Waals surface area contributed by atoms with E-state index in [0.29, 0.717) is 5.92 Å². The second-order valence-electron chi connectivity index (χ2n) is 5.55. The van der Waals surface area contributed by atoms with E-state index in [0.717, 1.165) is 0 Å². The van der Waals surface area contributed by atoms with Gasteiger partial charge in [-0.25, -0.2) is 0 Å². The second-order valence-corrected chi connectivity index (χ2v) is 5.76. The van der Waals surface area contributed by atoms with Gasteiger partial charge in [-0.05, 0) is 29.9 Å². The lowest BCUT2D eigenvalue weighted by molar-refractivity contribution is 0.0559. The Morgan fingerprint density at radius 2 is 1.25 bits per heavy atom. The van der Waals surface area contributed by atoms with Gasteiger partial charge < -0.3 is 4.43 Å². The highest BCUT2D eigenvalue weighted by atomic mass is 28.2. The fourth-order valence-corrected chi connectivity index (χ4v) is 3.95. The zero-order valence-electron chi connectivity index (χ0n) is 11.6. The second kappa shape index (κ2) is 5.94. The number of hydrogen-bond donors (Lipinski definition) is 0. The van der Waals surface area contributed by atoms with Crippen molar-refractivity contribution in [3.8, 4) is 0 Å². The van der Waals surface area contributed by atoms with Crippen molar-refractivity contribution in [2.75, 3.05) is 0 Å². The zero-order chi connectivity index (χ0) is 13.8. The van der Waals surface area contributed by atoms with Gasteiger partial charge in [0.25, 0.3) is 0 Å². The summed E-state index contributed by atoms with van der Waals surface area (Å²) in [5.74, 6) is 0.518. The monoisotopic (exact) mass is 279 g/mol. The molecule has 0 saturated heterocycles. The molecule has 20 heavy (non-hydrogen) atoms. The van der Waals surface area contributed by atoms with Crippen LogP contribution in [0.5, 0.6) is 0 Å². The van der Waals surface area contributed by atoms with Crippen molar-refractivity contribution in [3.05, 3.63) is 71.8 Å². The van der Waals surface area contributed by atoms with Crippen LogP contribution in [-0.2, 0) is 10.0 Å². The maximum atomic E-state index is 6.00. The van der Waals surface area contributed by atoms with E-state index in [1.807, 2.05) is 0 Å². The molecule has 1 saturated carbocycles. The molecule has 0 bridgehead atoms. The van der Waals surface area contributed by atoms with E-state index >= 15 is 0 Å². The smallest absolute Gasteiger partial charge is 0.248 e. The van der Waals surface area contributed by atoms with E-state index in [1.165, 1.54) is 36.8 Å².